The van der Waals surface area contributed by atoms with Crippen molar-refractivity contribution in [2.75, 3.05) is 23.7 Å². The Morgan fingerprint density at radius 2 is 2.21 bits per heavy atom. The van der Waals surface area contributed by atoms with Crippen LogP contribution in [0.15, 0.2) is 34.8 Å². The highest BCUT2D eigenvalue weighted by atomic mass is 32.2. The molecular formula is C17H19N5S2. The van der Waals surface area contributed by atoms with Gasteiger partial charge in [-0.2, -0.15) is 0 Å². The topological polar surface area (TPSA) is 67.4 Å². The lowest BCUT2D eigenvalue weighted by Gasteiger charge is -2.33. The number of aliphatic imine (C=N–C) groups is 1. The summed E-state index contributed by atoms with van der Waals surface area (Å²) in [7, 11) is 0. The van der Waals surface area contributed by atoms with Crippen molar-refractivity contribution >= 4 is 34.2 Å². The second-order valence-electron chi connectivity index (χ2n) is 6.80. The number of hydrogen-bond acceptors (Lipinski definition) is 7. The van der Waals surface area contributed by atoms with Crippen LogP contribution in [0.5, 0.6) is 0 Å². The SMILES string of the molecule is NC1=NC2(c3cccs3)CN(c3nccc(C4CC4)n3)C[C@H]2CS1. The third-order valence-electron chi connectivity index (χ3n) is 5.18. The molecule has 2 N–H and O–H groups in total. The lowest BCUT2D eigenvalue weighted by atomic mass is 9.87. The lowest BCUT2D eigenvalue weighted by Crippen LogP contribution is -2.39. The van der Waals surface area contributed by atoms with Crippen molar-refractivity contribution in [3.05, 3.63) is 40.3 Å². The molecule has 5 nitrogen and oxygen atoms in total. The average Bonchev–Trinajstić information content (AvgIpc) is 3.15. The number of thioether (sulfide) groups is 1. The molecule has 2 aliphatic heterocycles. The van der Waals surface area contributed by atoms with Crippen LogP contribution in [0.1, 0.15) is 29.3 Å². The normalized spacial score (nSPS) is 29.4. The maximum absolute atomic E-state index is 6.11. The maximum atomic E-state index is 6.11. The fourth-order valence-electron chi connectivity index (χ4n) is 3.77. The van der Waals surface area contributed by atoms with Crippen molar-refractivity contribution in [3.63, 3.8) is 0 Å². The van der Waals surface area contributed by atoms with Gasteiger partial charge in [-0.15, -0.1) is 11.3 Å². The van der Waals surface area contributed by atoms with Gasteiger partial charge in [0, 0.05) is 40.9 Å². The number of hydrogen-bond donors (Lipinski definition) is 1. The van der Waals surface area contributed by atoms with E-state index in [-0.39, 0.29) is 5.54 Å². The van der Waals surface area contributed by atoms with Gasteiger partial charge in [0.25, 0.3) is 0 Å². The number of anilines is 1. The molecule has 5 rings (SSSR count). The number of amidine groups is 1. The number of fused-ring (bicyclic) bond motifs is 1. The summed E-state index contributed by atoms with van der Waals surface area (Å²) in [6, 6.07) is 6.35. The first-order chi connectivity index (χ1) is 11.7. The van der Waals surface area contributed by atoms with Crippen LogP contribution in [-0.4, -0.2) is 34.0 Å². The van der Waals surface area contributed by atoms with E-state index in [2.05, 4.69) is 33.5 Å². The average molecular weight is 358 g/mol. The smallest absolute Gasteiger partial charge is 0.225 e. The van der Waals surface area contributed by atoms with Gasteiger partial charge < -0.3 is 10.6 Å². The minimum absolute atomic E-state index is 0.234. The third kappa shape index (κ3) is 2.33. The zero-order valence-electron chi connectivity index (χ0n) is 13.3. The van der Waals surface area contributed by atoms with Crippen LogP contribution in [0, 0.1) is 5.92 Å². The van der Waals surface area contributed by atoms with E-state index in [0.29, 0.717) is 17.0 Å². The Balaban J connectivity index is 1.52. The molecule has 1 aliphatic carbocycles. The first-order valence-corrected chi connectivity index (χ1v) is 10.2. The Morgan fingerprint density at radius 1 is 1.29 bits per heavy atom. The molecule has 0 aromatic carbocycles. The second-order valence-corrected chi connectivity index (χ2v) is 8.78. The van der Waals surface area contributed by atoms with Gasteiger partial charge in [0.15, 0.2) is 5.17 Å². The number of nitrogens with zero attached hydrogens (tertiary/aromatic N) is 4. The quantitative estimate of drug-likeness (QED) is 0.915. The second kappa shape index (κ2) is 5.46. The van der Waals surface area contributed by atoms with Crippen molar-refractivity contribution < 1.29 is 0 Å². The zero-order chi connectivity index (χ0) is 16.1. The van der Waals surface area contributed by atoms with Crippen LogP contribution in [-0.2, 0) is 5.54 Å². The molecule has 0 bridgehead atoms. The molecule has 1 saturated carbocycles. The fraction of sp³-hybridized carbons (Fsp3) is 0.471. The molecule has 24 heavy (non-hydrogen) atoms. The number of aromatic nitrogens is 2. The molecule has 2 aromatic heterocycles. The van der Waals surface area contributed by atoms with Crippen molar-refractivity contribution in [2.45, 2.75) is 24.3 Å². The molecule has 2 atom stereocenters. The summed E-state index contributed by atoms with van der Waals surface area (Å²) in [6.45, 7) is 1.75. The summed E-state index contributed by atoms with van der Waals surface area (Å²) >= 11 is 3.45. The lowest BCUT2D eigenvalue weighted by molar-refractivity contribution is 0.395. The van der Waals surface area contributed by atoms with Crippen molar-refractivity contribution in [1.29, 1.82) is 0 Å². The molecule has 4 heterocycles. The first kappa shape index (κ1) is 14.7. The highest BCUT2D eigenvalue weighted by Gasteiger charge is 2.51. The third-order valence-corrected chi connectivity index (χ3v) is 7.17. The summed E-state index contributed by atoms with van der Waals surface area (Å²) < 4.78 is 0. The van der Waals surface area contributed by atoms with Gasteiger partial charge in [-0.3, -0.25) is 0 Å². The van der Waals surface area contributed by atoms with Gasteiger partial charge in [0.1, 0.15) is 5.54 Å². The van der Waals surface area contributed by atoms with Gasteiger partial charge in [-0.25, -0.2) is 15.0 Å². The molecule has 7 heteroatoms. The Labute approximate surface area is 149 Å². The van der Waals surface area contributed by atoms with E-state index in [9.17, 15) is 0 Å². The highest BCUT2D eigenvalue weighted by molar-refractivity contribution is 8.13. The Kier molecular flexibility index (Phi) is 3.35. The van der Waals surface area contributed by atoms with E-state index in [1.165, 1.54) is 23.4 Å². The molecule has 124 valence electrons. The summed E-state index contributed by atoms with van der Waals surface area (Å²) in [6.07, 6.45) is 4.42. The highest BCUT2D eigenvalue weighted by Crippen LogP contribution is 2.47. The Hall–Kier alpha value is -1.60. The molecule has 2 aromatic rings. The van der Waals surface area contributed by atoms with E-state index in [4.69, 9.17) is 15.7 Å². The Bertz CT molecular complexity index is 786. The van der Waals surface area contributed by atoms with Gasteiger partial charge in [0.05, 0.1) is 6.54 Å². The zero-order valence-corrected chi connectivity index (χ0v) is 14.9. The van der Waals surface area contributed by atoms with E-state index in [1.54, 1.807) is 23.1 Å². The predicted octanol–water partition coefficient (Wildman–Crippen LogP) is 2.81. The minimum Gasteiger partial charge on any atom is -0.379 e. The molecule has 0 spiro atoms. The summed E-state index contributed by atoms with van der Waals surface area (Å²) in [5.41, 5.74) is 7.06. The van der Waals surface area contributed by atoms with Crippen LogP contribution in [0.2, 0.25) is 0 Å². The van der Waals surface area contributed by atoms with E-state index < -0.39 is 0 Å². The summed E-state index contributed by atoms with van der Waals surface area (Å²) in [5.74, 6) is 2.95. The van der Waals surface area contributed by atoms with E-state index >= 15 is 0 Å². The monoisotopic (exact) mass is 357 g/mol. The van der Waals surface area contributed by atoms with Crippen LogP contribution in [0.3, 0.4) is 0 Å². The molecule has 0 amide bonds. The van der Waals surface area contributed by atoms with Gasteiger partial charge in [-0.1, -0.05) is 17.8 Å². The maximum Gasteiger partial charge on any atom is 0.225 e. The minimum atomic E-state index is -0.234. The van der Waals surface area contributed by atoms with E-state index in [1.807, 2.05) is 6.20 Å². The first-order valence-electron chi connectivity index (χ1n) is 8.34. The molecular weight excluding hydrogens is 338 g/mol. The van der Waals surface area contributed by atoms with Gasteiger partial charge in [-0.05, 0) is 30.4 Å². The van der Waals surface area contributed by atoms with Crippen LogP contribution in [0.25, 0.3) is 0 Å². The standard InChI is InChI=1S/C17H19N5S2/c18-15-21-17(14-2-1-7-23-14)10-22(8-12(17)9-24-15)16-19-6-5-13(20-16)11-3-4-11/h1-2,5-7,11-12H,3-4,8-10H2,(H2,18,21)/t12-,17?/m0/s1. The van der Waals surface area contributed by atoms with Crippen LogP contribution < -0.4 is 10.6 Å². The van der Waals surface area contributed by atoms with Crippen molar-refractivity contribution in [2.24, 2.45) is 16.6 Å². The van der Waals surface area contributed by atoms with Crippen molar-refractivity contribution in [3.8, 4) is 0 Å². The number of thiophene rings is 1. The molecule has 3 aliphatic rings. The molecule has 2 fully saturated rings. The molecule has 1 unspecified atom stereocenters. The van der Waals surface area contributed by atoms with Crippen LogP contribution >= 0.6 is 23.1 Å². The fourth-order valence-corrected chi connectivity index (χ4v) is 5.69. The van der Waals surface area contributed by atoms with Gasteiger partial charge >= 0.3 is 0 Å². The summed E-state index contributed by atoms with van der Waals surface area (Å²) in [4.78, 5) is 17.9. The van der Waals surface area contributed by atoms with Crippen molar-refractivity contribution in [1.82, 2.24) is 9.97 Å². The van der Waals surface area contributed by atoms with Crippen LogP contribution in [0.4, 0.5) is 5.95 Å². The van der Waals surface area contributed by atoms with E-state index in [0.717, 1.165) is 24.8 Å². The Morgan fingerprint density at radius 3 is 3.00 bits per heavy atom. The number of rotatable bonds is 3. The predicted molar refractivity (Wildman–Crippen MR) is 99.8 cm³/mol. The number of nitrogens with two attached hydrogens (primary N) is 1. The summed E-state index contributed by atoms with van der Waals surface area (Å²) in [5, 5.41) is 2.83. The molecule has 0 radical (unpaired) electrons. The molecule has 1 saturated heterocycles. The largest absolute Gasteiger partial charge is 0.379 e. The van der Waals surface area contributed by atoms with Gasteiger partial charge in [0.2, 0.25) is 5.95 Å².